The number of hydrogen-bond donors (Lipinski definition) is 2. The number of carbonyl (C=O) groups excluding carboxylic acids is 2. The molecule has 0 spiro atoms. The standard InChI is InChI=1S/C21H21BrN4O3/c1-21(2,3)29-20(28)24-16-10-8-14(9-11-16)19(27)25-17-6-4-5-7-18(17)26-13-15(22)12-23-26/h4-13H,1-3H3,(H,24,28)(H,25,27). The first-order valence-electron chi connectivity index (χ1n) is 8.92. The fraction of sp³-hybridized carbons (Fsp3) is 0.190. The van der Waals surface area contributed by atoms with Gasteiger partial charge in [0.15, 0.2) is 0 Å². The van der Waals surface area contributed by atoms with Crippen LogP contribution in [0.3, 0.4) is 0 Å². The molecule has 0 saturated carbocycles. The summed E-state index contributed by atoms with van der Waals surface area (Å²) in [6.45, 7) is 5.37. The number of amides is 2. The average molecular weight is 457 g/mol. The molecule has 3 rings (SSSR count). The molecule has 2 amide bonds. The Balaban J connectivity index is 1.70. The van der Waals surface area contributed by atoms with E-state index >= 15 is 0 Å². The van der Waals surface area contributed by atoms with Crippen molar-refractivity contribution in [3.05, 3.63) is 71.0 Å². The Hall–Kier alpha value is -3.13. The Bertz CT molecular complexity index is 1020. The summed E-state index contributed by atoms with van der Waals surface area (Å²) in [7, 11) is 0. The van der Waals surface area contributed by atoms with Crippen LogP contribution in [0.15, 0.2) is 65.4 Å². The van der Waals surface area contributed by atoms with Crippen molar-refractivity contribution in [3.8, 4) is 5.69 Å². The minimum Gasteiger partial charge on any atom is -0.444 e. The Labute approximate surface area is 177 Å². The van der Waals surface area contributed by atoms with Crippen LogP contribution in [-0.2, 0) is 4.74 Å². The van der Waals surface area contributed by atoms with E-state index in [0.717, 1.165) is 10.2 Å². The van der Waals surface area contributed by atoms with Crippen molar-refractivity contribution >= 4 is 39.3 Å². The van der Waals surface area contributed by atoms with Crippen molar-refractivity contribution in [1.82, 2.24) is 9.78 Å². The van der Waals surface area contributed by atoms with E-state index in [4.69, 9.17) is 4.74 Å². The van der Waals surface area contributed by atoms with Crippen LogP contribution in [0, 0.1) is 0 Å². The van der Waals surface area contributed by atoms with Gasteiger partial charge in [0, 0.05) is 17.4 Å². The number of anilines is 2. The summed E-state index contributed by atoms with van der Waals surface area (Å²) in [6, 6.07) is 13.9. The molecule has 0 unspecified atom stereocenters. The number of nitrogens with zero attached hydrogens (tertiary/aromatic N) is 2. The van der Waals surface area contributed by atoms with E-state index in [1.165, 1.54) is 0 Å². The minimum absolute atomic E-state index is 0.271. The van der Waals surface area contributed by atoms with Crippen LogP contribution in [0.1, 0.15) is 31.1 Å². The molecule has 29 heavy (non-hydrogen) atoms. The second-order valence-corrected chi connectivity index (χ2v) is 8.19. The number of rotatable bonds is 4. The van der Waals surface area contributed by atoms with Crippen molar-refractivity contribution in [3.63, 3.8) is 0 Å². The van der Waals surface area contributed by atoms with Gasteiger partial charge < -0.3 is 10.1 Å². The highest BCUT2D eigenvalue weighted by Gasteiger charge is 2.16. The maximum absolute atomic E-state index is 12.7. The molecule has 150 valence electrons. The molecule has 2 aromatic carbocycles. The zero-order valence-electron chi connectivity index (χ0n) is 16.3. The quantitative estimate of drug-likeness (QED) is 0.562. The molecule has 0 saturated heterocycles. The number of carbonyl (C=O) groups is 2. The van der Waals surface area contributed by atoms with E-state index in [1.54, 1.807) is 62.0 Å². The summed E-state index contributed by atoms with van der Waals surface area (Å²) >= 11 is 3.37. The molecule has 1 heterocycles. The number of nitrogens with one attached hydrogen (secondary N) is 2. The molecule has 0 radical (unpaired) electrons. The van der Waals surface area contributed by atoms with Gasteiger partial charge >= 0.3 is 6.09 Å². The van der Waals surface area contributed by atoms with Gasteiger partial charge in [-0.2, -0.15) is 5.10 Å². The predicted octanol–water partition coefficient (Wildman–Crippen LogP) is 5.23. The Morgan fingerprint density at radius 1 is 1.03 bits per heavy atom. The Kier molecular flexibility index (Phi) is 6.03. The van der Waals surface area contributed by atoms with Crippen LogP contribution in [-0.4, -0.2) is 27.4 Å². The van der Waals surface area contributed by atoms with Gasteiger partial charge in [0.05, 0.1) is 22.0 Å². The van der Waals surface area contributed by atoms with Crippen LogP contribution in [0.2, 0.25) is 0 Å². The fourth-order valence-electron chi connectivity index (χ4n) is 2.53. The maximum Gasteiger partial charge on any atom is 0.412 e. The second-order valence-electron chi connectivity index (χ2n) is 7.28. The number of halogens is 1. The molecule has 0 aliphatic rings. The third kappa shape index (κ3) is 5.68. The fourth-order valence-corrected chi connectivity index (χ4v) is 2.82. The van der Waals surface area contributed by atoms with E-state index in [9.17, 15) is 9.59 Å². The van der Waals surface area contributed by atoms with Crippen molar-refractivity contribution < 1.29 is 14.3 Å². The topological polar surface area (TPSA) is 85.2 Å². The van der Waals surface area contributed by atoms with Crippen LogP contribution < -0.4 is 10.6 Å². The predicted molar refractivity (Wildman–Crippen MR) is 116 cm³/mol. The van der Waals surface area contributed by atoms with Gasteiger partial charge in [0.25, 0.3) is 5.91 Å². The maximum atomic E-state index is 12.7. The molecular formula is C21H21BrN4O3. The van der Waals surface area contributed by atoms with E-state index in [2.05, 4.69) is 31.7 Å². The summed E-state index contributed by atoms with van der Waals surface area (Å²) in [4.78, 5) is 24.5. The first-order valence-corrected chi connectivity index (χ1v) is 9.71. The highest BCUT2D eigenvalue weighted by atomic mass is 79.9. The van der Waals surface area contributed by atoms with Crippen LogP contribution in [0.5, 0.6) is 0 Å². The highest BCUT2D eigenvalue weighted by Crippen LogP contribution is 2.22. The molecule has 8 heteroatoms. The molecule has 0 aliphatic heterocycles. The van der Waals surface area contributed by atoms with Gasteiger partial charge in [-0.3, -0.25) is 10.1 Å². The van der Waals surface area contributed by atoms with E-state index in [-0.39, 0.29) is 5.91 Å². The summed E-state index contributed by atoms with van der Waals surface area (Å²) in [5.41, 5.74) is 1.79. The van der Waals surface area contributed by atoms with E-state index in [0.29, 0.717) is 16.9 Å². The SMILES string of the molecule is CC(C)(C)OC(=O)Nc1ccc(C(=O)Nc2ccccc2-n2cc(Br)cn2)cc1. The first-order chi connectivity index (χ1) is 13.7. The molecular weight excluding hydrogens is 436 g/mol. The van der Waals surface area contributed by atoms with E-state index in [1.807, 2.05) is 24.4 Å². The number of para-hydroxylation sites is 2. The van der Waals surface area contributed by atoms with Crippen molar-refractivity contribution in [2.24, 2.45) is 0 Å². The van der Waals surface area contributed by atoms with Gasteiger partial charge in [-0.05, 0) is 73.1 Å². The molecule has 0 aliphatic carbocycles. The Morgan fingerprint density at radius 3 is 2.34 bits per heavy atom. The average Bonchev–Trinajstić information content (AvgIpc) is 3.07. The lowest BCUT2D eigenvalue weighted by Crippen LogP contribution is -2.27. The highest BCUT2D eigenvalue weighted by molar-refractivity contribution is 9.10. The summed E-state index contributed by atoms with van der Waals surface area (Å²) in [5.74, 6) is -0.271. The number of ether oxygens (including phenoxy) is 1. The second kappa shape index (κ2) is 8.48. The first kappa shape index (κ1) is 20.6. The third-order valence-corrected chi connectivity index (χ3v) is 4.15. The summed E-state index contributed by atoms with van der Waals surface area (Å²) in [6.07, 6.45) is 2.94. The molecule has 3 aromatic rings. The lowest BCUT2D eigenvalue weighted by molar-refractivity contribution is 0.0636. The lowest BCUT2D eigenvalue weighted by Gasteiger charge is -2.19. The largest absolute Gasteiger partial charge is 0.444 e. The smallest absolute Gasteiger partial charge is 0.412 e. The monoisotopic (exact) mass is 456 g/mol. The molecule has 1 aromatic heterocycles. The molecule has 0 atom stereocenters. The minimum atomic E-state index is -0.582. The number of benzene rings is 2. The zero-order chi connectivity index (χ0) is 21.0. The normalized spacial score (nSPS) is 11.0. The van der Waals surface area contributed by atoms with Crippen LogP contribution >= 0.6 is 15.9 Å². The van der Waals surface area contributed by atoms with E-state index < -0.39 is 11.7 Å². The molecule has 0 fully saturated rings. The summed E-state index contributed by atoms with van der Waals surface area (Å²) < 4.78 is 7.73. The zero-order valence-corrected chi connectivity index (χ0v) is 17.9. The van der Waals surface area contributed by atoms with Gasteiger partial charge in [0.2, 0.25) is 0 Å². The molecule has 2 N–H and O–H groups in total. The molecule has 0 bridgehead atoms. The molecule has 7 nitrogen and oxygen atoms in total. The number of hydrogen-bond acceptors (Lipinski definition) is 4. The van der Waals surface area contributed by atoms with Crippen LogP contribution in [0.4, 0.5) is 16.2 Å². The van der Waals surface area contributed by atoms with Crippen LogP contribution in [0.25, 0.3) is 5.69 Å². The van der Waals surface area contributed by atoms with Crippen molar-refractivity contribution in [2.45, 2.75) is 26.4 Å². The number of aromatic nitrogens is 2. The summed E-state index contributed by atoms with van der Waals surface area (Å²) in [5, 5.41) is 9.79. The van der Waals surface area contributed by atoms with Crippen molar-refractivity contribution in [2.75, 3.05) is 10.6 Å². The van der Waals surface area contributed by atoms with Gasteiger partial charge in [-0.1, -0.05) is 12.1 Å². The van der Waals surface area contributed by atoms with Gasteiger partial charge in [0.1, 0.15) is 5.60 Å². The van der Waals surface area contributed by atoms with Crippen molar-refractivity contribution in [1.29, 1.82) is 0 Å². The third-order valence-electron chi connectivity index (χ3n) is 3.74. The van der Waals surface area contributed by atoms with Gasteiger partial charge in [-0.15, -0.1) is 0 Å². The Morgan fingerprint density at radius 2 is 1.72 bits per heavy atom. The lowest BCUT2D eigenvalue weighted by atomic mass is 10.2. The van der Waals surface area contributed by atoms with Gasteiger partial charge in [-0.25, -0.2) is 9.48 Å².